The number of benzene rings is 2. The molecule has 0 spiro atoms. The van der Waals surface area contributed by atoms with Gasteiger partial charge in [-0.15, -0.1) is 0 Å². The smallest absolute Gasteiger partial charge is 0.123 e. The van der Waals surface area contributed by atoms with Crippen LogP contribution in [0, 0.1) is 0 Å². The predicted molar refractivity (Wildman–Crippen MR) is 189 cm³/mol. The van der Waals surface area contributed by atoms with E-state index in [-0.39, 0.29) is 21.7 Å². The van der Waals surface area contributed by atoms with Crippen LogP contribution in [0.3, 0.4) is 0 Å². The van der Waals surface area contributed by atoms with E-state index in [1.165, 1.54) is 49.7 Å². The molecule has 0 aliphatic heterocycles. The number of phenols is 2. The van der Waals surface area contributed by atoms with Crippen molar-refractivity contribution in [3.63, 3.8) is 0 Å². The summed E-state index contributed by atoms with van der Waals surface area (Å²) in [6.45, 7) is 26.8. The molecule has 4 heteroatoms. The third-order valence-electron chi connectivity index (χ3n) is 8.77. The Labute approximate surface area is 267 Å². The van der Waals surface area contributed by atoms with Crippen molar-refractivity contribution < 1.29 is 10.2 Å². The van der Waals surface area contributed by atoms with Gasteiger partial charge in [-0.05, 0) is 56.8 Å². The van der Waals surface area contributed by atoms with Crippen molar-refractivity contribution in [3.05, 3.63) is 57.6 Å². The van der Waals surface area contributed by atoms with Gasteiger partial charge in [0.1, 0.15) is 11.5 Å². The Hall–Kier alpha value is -1.26. The molecule has 2 atom stereocenters. The highest BCUT2D eigenvalue weighted by Gasteiger charge is 2.29. The van der Waals surface area contributed by atoms with Crippen molar-refractivity contribution in [2.75, 3.05) is 0 Å². The minimum Gasteiger partial charge on any atom is -0.507 e. The van der Waals surface area contributed by atoms with Gasteiger partial charge in [0.25, 0.3) is 0 Å². The molecule has 3 rings (SSSR count). The topological polar surface area (TPSA) is 40.5 Å². The molecule has 0 radical (unpaired) electrons. The maximum absolute atomic E-state index is 11.4. The van der Waals surface area contributed by atoms with Gasteiger partial charge in [0.2, 0.25) is 0 Å². The zero-order chi connectivity index (χ0) is 31.7. The van der Waals surface area contributed by atoms with Crippen molar-refractivity contribution in [2.24, 2.45) is 0 Å². The van der Waals surface area contributed by atoms with Crippen molar-refractivity contribution >= 4 is 23.5 Å². The van der Waals surface area contributed by atoms with E-state index in [4.69, 9.17) is 0 Å². The minimum absolute atomic E-state index is 0.0290. The Kier molecular flexibility index (Phi) is 11.2. The fourth-order valence-corrected chi connectivity index (χ4v) is 8.88. The molecule has 236 valence electrons. The Morgan fingerprint density at radius 1 is 0.524 bits per heavy atom. The van der Waals surface area contributed by atoms with Crippen molar-refractivity contribution in [1.82, 2.24) is 0 Å². The van der Waals surface area contributed by atoms with E-state index >= 15 is 0 Å². The van der Waals surface area contributed by atoms with Crippen LogP contribution < -0.4 is 0 Å². The first kappa shape index (κ1) is 35.2. The summed E-state index contributed by atoms with van der Waals surface area (Å²) in [7, 11) is 0. The lowest BCUT2D eigenvalue weighted by Crippen LogP contribution is -2.23. The molecule has 2 nitrogen and oxygen atoms in total. The van der Waals surface area contributed by atoms with E-state index in [9.17, 15) is 10.2 Å². The van der Waals surface area contributed by atoms with Crippen LogP contribution in [0.1, 0.15) is 155 Å². The number of hydrogen-bond acceptors (Lipinski definition) is 4. The Balaban J connectivity index is 1.89. The predicted octanol–water partition coefficient (Wildman–Crippen LogP) is 11.5. The lowest BCUT2D eigenvalue weighted by Gasteiger charge is -2.31. The van der Waals surface area contributed by atoms with Crippen molar-refractivity contribution in [2.45, 2.75) is 165 Å². The number of rotatable bonds is 6. The average molecular weight is 613 g/mol. The number of hydrogen-bond donors (Lipinski definition) is 2. The van der Waals surface area contributed by atoms with Gasteiger partial charge in [-0.2, -0.15) is 23.5 Å². The lowest BCUT2D eigenvalue weighted by atomic mass is 9.79. The van der Waals surface area contributed by atoms with Gasteiger partial charge in [0.15, 0.2) is 0 Å². The summed E-state index contributed by atoms with van der Waals surface area (Å²) in [6, 6.07) is 8.96. The fraction of sp³-hybridized carbons (Fsp3) is 0.684. The summed E-state index contributed by atoms with van der Waals surface area (Å²) in [5.74, 6) is 2.63. The largest absolute Gasteiger partial charge is 0.507 e. The first-order chi connectivity index (χ1) is 19.2. The molecule has 1 aliphatic rings. The summed E-state index contributed by atoms with van der Waals surface area (Å²) < 4.78 is 0. The van der Waals surface area contributed by atoms with Gasteiger partial charge in [0, 0.05) is 33.1 Å². The Bertz CT molecular complexity index is 1110. The van der Waals surface area contributed by atoms with Gasteiger partial charge in [-0.25, -0.2) is 0 Å². The van der Waals surface area contributed by atoms with Crippen LogP contribution in [0.5, 0.6) is 11.5 Å². The molecular formula is C38H60O2S2. The van der Waals surface area contributed by atoms with E-state index in [0.717, 1.165) is 33.8 Å². The first-order valence-electron chi connectivity index (χ1n) is 16.2. The fourth-order valence-electron chi connectivity index (χ4n) is 5.81. The van der Waals surface area contributed by atoms with Crippen LogP contribution in [0.15, 0.2) is 24.3 Å². The maximum Gasteiger partial charge on any atom is 0.123 e. The number of thioether (sulfide) groups is 2. The van der Waals surface area contributed by atoms with Gasteiger partial charge in [0.05, 0.1) is 0 Å². The van der Waals surface area contributed by atoms with Crippen LogP contribution in [0.25, 0.3) is 0 Å². The van der Waals surface area contributed by atoms with Gasteiger partial charge >= 0.3 is 0 Å². The average Bonchev–Trinajstić information content (AvgIpc) is 2.81. The monoisotopic (exact) mass is 612 g/mol. The lowest BCUT2D eigenvalue weighted by molar-refractivity contribution is 0.439. The standard InChI is InChI=1S/C38H60O2S2/c1-35(2,3)27-19-25(33(39)29(21-27)37(7,8)9)23-41-31-17-15-13-14-16-18-32(31)42-24-26-20-28(36(4,5)6)22-30(34(26)40)38(10,11)12/h19-22,31-32,39-40H,13-18,23-24H2,1-12H3/t31-,32?/m0/s1. The van der Waals surface area contributed by atoms with Gasteiger partial charge < -0.3 is 10.2 Å². The Morgan fingerprint density at radius 2 is 0.857 bits per heavy atom. The van der Waals surface area contributed by atoms with Crippen LogP contribution >= 0.6 is 23.5 Å². The molecule has 0 bridgehead atoms. The molecule has 0 heterocycles. The van der Waals surface area contributed by atoms with Crippen molar-refractivity contribution in [3.8, 4) is 11.5 Å². The second-order valence-corrected chi connectivity index (χ2v) is 19.2. The van der Waals surface area contributed by atoms with E-state index in [1.807, 2.05) is 23.5 Å². The quantitative estimate of drug-likeness (QED) is 0.340. The van der Waals surface area contributed by atoms with Crippen LogP contribution in [-0.2, 0) is 33.2 Å². The van der Waals surface area contributed by atoms with Crippen LogP contribution in [0.4, 0.5) is 0 Å². The van der Waals surface area contributed by atoms with Gasteiger partial charge in [-0.3, -0.25) is 0 Å². The highest BCUT2D eigenvalue weighted by Crippen LogP contribution is 2.44. The van der Waals surface area contributed by atoms with E-state index < -0.39 is 0 Å². The molecule has 2 aromatic rings. The summed E-state index contributed by atoms with van der Waals surface area (Å²) >= 11 is 4.09. The third-order valence-corrected chi connectivity index (χ3v) is 11.9. The van der Waals surface area contributed by atoms with E-state index in [1.54, 1.807) is 0 Å². The van der Waals surface area contributed by atoms with Gasteiger partial charge in [-0.1, -0.05) is 133 Å². The molecule has 1 saturated carbocycles. The number of phenolic OH excluding ortho intramolecular Hbond substituents is 2. The summed E-state index contributed by atoms with van der Waals surface area (Å²) in [5.41, 5.74) is 6.69. The van der Waals surface area contributed by atoms with Crippen LogP contribution in [0.2, 0.25) is 0 Å². The SMILES string of the molecule is CC(C)(C)c1cc(CSC2CCCCCC[C@@H]2SCc2cc(C(C)(C)C)cc(C(C)(C)C)c2O)c(O)c(C(C)(C)C)c1. The van der Waals surface area contributed by atoms with Crippen LogP contribution in [-0.4, -0.2) is 20.7 Å². The summed E-state index contributed by atoms with van der Waals surface area (Å²) in [5, 5.41) is 23.9. The molecule has 1 fully saturated rings. The molecule has 0 saturated heterocycles. The van der Waals surface area contributed by atoms with E-state index in [2.05, 4.69) is 107 Å². The second kappa shape index (κ2) is 13.4. The Morgan fingerprint density at radius 3 is 1.14 bits per heavy atom. The molecular weight excluding hydrogens is 553 g/mol. The molecule has 1 aliphatic carbocycles. The molecule has 2 aromatic carbocycles. The highest BCUT2D eigenvalue weighted by atomic mass is 32.2. The minimum atomic E-state index is -0.112. The molecule has 2 N–H and O–H groups in total. The maximum atomic E-state index is 11.4. The summed E-state index contributed by atoms with van der Waals surface area (Å²) in [4.78, 5) is 0. The summed E-state index contributed by atoms with van der Waals surface area (Å²) in [6.07, 6.45) is 7.61. The zero-order valence-corrected chi connectivity index (χ0v) is 30.5. The highest BCUT2D eigenvalue weighted by molar-refractivity contribution is 8.03. The normalized spacial score (nSPS) is 19.4. The second-order valence-electron chi connectivity index (χ2n) is 16.8. The molecule has 42 heavy (non-hydrogen) atoms. The number of aromatic hydroxyl groups is 2. The third kappa shape index (κ3) is 9.13. The molecule has 1 unspecified atom stereocenters. The molecule has 0 aromatic heterocycles. The van der Waals surface area contributed by atoms with Crippen molar-refractivity contribution in [1.29, 1.82) is 0 Å². The first-order valence-corrected chi connectivity index (χ1v) is 18.3. The zero-order valence-electron chi connectivity index (χ0n) is 28.8. The molecule has 0 amide bonds. The van der Waals surface area contributed by atoms with E-state index in [0.29, 0.717) is 22.0 Å².